The average molecular weight is 237 g/mol. The number of nitrogens with zero attached hydrogens (tertiary/aromatic N) is 2. The number of hydrogen-bond donors (Lipinski definition) is 3. The maximum absolute atomic E-state index is 5.37. The fraction of sp³-hybridized carbons (Fsp3) is 0.636. The minimum absolute atomic E-state index is 0.372. The normalized spacial score (nSPS) is 16.4. The molecule has 0 bridgehead atoms. The summed E-state index contributed by atoms with van der Waals surface area (Å²) in [5.41, 5.74) is 2.50. The third-order valence-corrected chi connectivity index (χ3v) is 2.91. The summed E-state index contributed by atoms with van der Waals surface area (Å²) in [5.74, 6) is 7.97. The number of nitrogen functional groups attached to an aromatic ring is 1. The largest absolute Gasteiger partial charge is 0.490 e. The van der Waals surface area contributed by atoms with Crippen molar-refractivity contribution in [3.8, 4) is 5.75 Å². The van der Waals surface area contributed by atoms with Gasteiger partial charge in [0.05, 0.1) is 7.11 Å². The Morgan fingerprint density at radius 1 is 1.47 bits per heavy atom. The van der Waals surface area contributed by atoms with Crippen LogP contribution in [0.15, 0.2) is 6.33 Å². The second kappa shape index (κ2) is 5.18. The molecule has 6 nitrogen and oxygen atoms in total. The average Bonchev–Trinajstić information content (AvgIpc) is 3.12. The first-order chi connectivity index (χ1) is 8.24. The van der Waals surface area contributed by atoms with Crippen molar-refractivity contribution in [2.45, 2.75) is 32.2 Å². The minimum Gasteiger partial charge on any atom is -0.490 e. The lowest BCUT2D eigenvalue weighted by atomic mass is 10.1. The van der Waals surface area contributed by atoms with Gasteiger partial charge in [-0.2, -0.15) is 0 Å². The Morgan fingerprint density at radius 2 is 2.18 bits per heavy atom. The molecule has 6 heteroatoms. The second-order valence-electron chi connectivity index (χ2n) is 4.47. The van der Waals surface area contributed by atoms with Gasteiger partial charge in [0.25, 0.3) is 0 Å². The van der Waals surface area contributed by atoms with E-state index in [2.05, 4.69) is 27.6 Å². The van der Waals surface area contributed by atoms with Crippen LogP contribution in [0.25, 0.3) is 0 Å². The van der Waals surface area contributed by atoms with Gasteiger partial charge in [0.2, 0.25) is 5.75 Å². The fourth-order valence-electron chi connectivity index (χ4n) is 1.92. The number of methoxy groups -OCH3 is 1. The van der Waals surface area contributed by atoms with Crippen LogP contribution < -0.4 is 21.3 Å². The summed E-state index contributed by atoms with van der Waals surface area (Å²) < 4.78 is 5.26. The van der Waals surface area contributed by atoms with Gasteiger partial charge in [-0.3, -0.25) is 0 Å². The van der Waals surface area contributed by atoms with Crippen LogP contribution in [0.1, 0.15) is 26.2 Å². The zero-order valence-corrected chi connectivity index (χ0v) is 10.2. The van der Waals surface area contributed by atoms with Crippen molar-refractivity contribution in [3.05, 3.63) is 6.33 Å². The van der Waals surface area contributed by atoms with Crippen LogP contribution in [0.4, 0.5) is 11.6 Å². The summed E-state index contributed by atoms with van der Waals surface area (Å²) in [6, 6.07) is 0.372. The summed E-state index contributed by atoms with van der Waals surface area (Å²) in [7, 11) is 1.58. The minimum atomic E-state index is 0.372. The number of rotatable bonds is 6. The van der Waals surface area contributed by atoms with E-state index in [1.165, 1.54) is 25.6 Å². The third kappa shape index (κ3) is 2.97. The van der Waals surface area contributed by atoms with Crippen LogP contribution in [0.5, 0.6) is 5.75 Å². The smallest absolute Gasteiger partial charge is 0.205 e. The highest BCUT2D eigenvalue weighted by Crippen LogP contribution is 2.35. The first-order valence-electron chi connectivity index (χ1n) is 5.86. The molecule has 1 unspecified atom stereocenters. The second-order valence-corrected chi connectivity index (χ2v) is 4.47. The Balaban J connectivity index is 2.07. The van der Waals surface area contributed by atoms with Crippen molar-refractivity contribution in [2.24, 2.45) is 11.8 Å². The van der Waals surface area contributed by atoms with E-state index in [4.69, 9.17) is 10.6 Å². The first-order valence-corrected chi connectivity index (χ1v) is 5.86. The van der Waals surface area contributed by atoms with Gasteiger partial charge in [-0.25, -0.2) is 15.8 Å². The quantitative estimate of drug-likeness (QED) is 0.512. The highest BCUT2D eigenvalue weighted by Gasteiger charge is 2.24. The van der Waals surface area contributed by atoms with Crippen LogP contribution in [-0.4, -0.2) is 23.1 Å². The van der Waals surface area contributed by atoms with Gasteiger partial charge in [0.1, 0.15) is 6.33 Å². The summed E-state index contributed by atoms with van der Waals surface area (Å²) in [6.07, 6.45) is 5.33. The lowest BCUT2D eigenvalue weighted by Gasteiger charge is -2.17. The monoisotopic (exact) mass is 237 g/mol. The highest BCUT2D eigenvalue weighted by atomic mass is 16.5. The Bertz CT molecular complexity index is 380. The van der Waals surface area contributed by atoms with E-state index in [0.717, 1.165) is 5.92 Å². The predicted octanol–water partition coefficient (Wildman–Crippen LogP) is 1.37. The van der Waals surface area contributed by atoms with Crippen LogP contribution in [-0.2, 0) is 0 Å². The van der Waals surface area contributed by atoms with Crippen molar-refractivity contribution in [1.82, 2.24) is 9.97 Å². The molecule has 4 N–H and O–H groups in total. The van der Waals surface area contributed by atoms with Gasteiger partial charge in [-0.05, 0) is 19.3 Å². The predicted molar refractivity (Wildman–Crippen MR) is 66.8 cm³/mol. The fourth-order valence-corrected chi connectivity index (χ4v) is 1.92. The molecule has 2 rings (SSSR count). The van der Waals surface area contributed by atoms with E-state index in [1.807, 2.05) is 0 Å². The van der Waals surface area contributed by atoms with Crippen LogP contribution in [0.2, 0.25) is 0 Å². The van der Waals surface area contributed by atoms with Gasteiger partial charge in [-0.15, -0.1) is 0 Å². The number of nitrogens with two attached hydrogens (primary N) is 1. The van der Waals surface area contributed by atoms with Crippen molar-refractivity contribution >= 4 is 11.6 Å². The molecular formula is C11H19N5O. The van der Waals surface area contributed by atoms with Crippen molar-refractivity contribution in [3.63, 3.8) is 0 Å². The Hall–Kier alpha value is -1.56. The molecule has 1 aromatic heterocycles. The maximum Gasteiger partial charge on any atom is 0.205 e. The van der Waals surface area contributed by atoms with Crippen molar-refractivity contribution < 1.29 is 4.74 Å². The summed E-state index contributed by atoms with van der Waals surface area (Å²) in [6.45, 7) is 2.15. The SMILES string of the molecule is COc1c(NN)ncnc1NC(C)CC1CC1. The molecule has 1 aliphatic carbocycles. The maximum atomic E-state index is 5.37. The van der Waals surface area contributed by atoms with Crippen LogP contribution in [0, 0.1) is 5.92 Å². The van der Waals surface area contributed by atoms with Gasteiger partial charge < -0.3 is 15.5 Å². The third-order valence-electron chi connectivity index (χ3n) is 2.91. The Kier molecular flexibility index (Phi) is 3.63. The lowest BCUT2D eigenvalue weighted by molar-refractivity contribution is 0.414. The molecule has 1 fully saturated rings. The molecule has 1 saturated carbocycles. The molecule has 0 aromatic carbocycles. The molecule has 0 spiro atoms. The topological polar surface area (TPSA) is 85.1 Å². The van der Waals surface area contributed by atoms with E-state index in [0.29, 0.717) is 23.4 Å². The number of hydrogen-bond acceptors (Lipinski definition) is 6. The van der Waals surface area contributed by atoms with E-state index in [9.17, 15) is 0 Å². The molecular weight excluding hydrogens is 218 g/mol. The molecule has 1 aliphatic rings. The van der Waals surface area contributed by atoms with Crippen LogP contribution in [0.3, 0.4) is 0 Å². The van der Waals surface area contributed by atoms with Crippen molar-refractivity contribution in [2.75, 3.05) is 17.9 Å². The van der Waals surface area contributed by atoms with Gasteiger partial charge in [0.15, 0.2) is 11.6 Å². The number of ether oxygens (including phenoxy) is 1. The molecule has 17 heavy (non-hydrogen) atoms. The van der Waals surface area contributed by atoms with Gasteiger partial charge in [-0.1, -0.05) is 12.8 Å². The summed E-state index contributed by atoms with van der Waals surface area (Å²) in [5, 5.41) is 3.34. The highest BCUT2D eigenvalue weighted by molar-refractivity contribution is 5.63. The number of nitrogens with one attached hydrogen (secondary N) is 2. The van der Waals surface area contributed by atoms with Gasteiger partial charge >= 0.3 is 0 Å². The van der Waals surface area contributed by atoms with E-state index in [1.54, 1.807) is 7.11 Å². The molecule has 0 aliphatic heterocycles. The summed E-state index contributed by atoms with van der Waals surface area (Å²) in [4.78, 5) is 8.18. The van der Waals surface area contributed by atoms with E-state index >= 15 is 0 Å². The molecule has 0 radical (unpaired) electrons. The zero-order valence-electron chi connectivity index (χ0n) is 10.2. The number of hydrazine groups is 1. The lowest BCUT2D eigenvalue weighted by Crippen LogP contribution is -2.19. The van der Waals surface area contributed by atoms with Crippen molar-refractivity contribution in [1.29, 1.82) is 0 Å². The zero-order chi connectivity index (χ0) is 12.3. The summed E-state index contributed by atoms with van der Waals surface area (Å²) >= 11 is 0. The Morgan fingerprint density at radius 3 is 2.76 bits per heavy atom. The molecule has 94 valence electrons. The van der Waals surface area contributed by atoms with Crippen LogP contribution >= 0.6 is 0 Å². The number of aromatic nitrogens is 2. The molecule has 1 heterocycles. The van der Waals surface area contributed by atoms with E-state index in [-0.39, 0.29) is 0 Å². The molecule has 1 aromatic rings. The van der Waals surface area contributed by atoms with Gasteiger partial charge in [0, 0.05) is 6.04 Å². The molecule has 0 saturated heterocycles. The Labute approximate surface area is 101 Å². The molecule has 1 atom stereocenters. The standard InChI is InChI=1S/C11H19N5O/c1-7(5-8-3-4-8)15-10-9(17-2)11(16-12)14-6-13-10/h6-8H,3-5,12H2,1-2H3,(H2,13,14,15,16). The molecule has 0 amide bonds. The van der Waals surface area contributed by atoms with E-state index < -0.39 is 0 Å². The number of anilines is 2. The first kappa shape index (κ1) is 11.9.